The van der Waals surface area contributed by atoms with Crippen molar-refractivity contribution in [2.24, 2.45) is 4.99 Å². The fourth-order valence-electron chi connectivity index (χ4n) is 4.21. The number of nitrogens with zero attached hydrogens (tertiary/aromatic N) is 1. The molecule has 0 aliphatic carbocycles. The topological polar surface area (TPSA) is 12.4 Å². The number of hydrogen-bond donors (Lipinski definition) is 0. The molecule has 1 aliphatic heterocycles. The highest BCUT2D eigenvalue weighted by Crippen LogP contribution is 2.42. The number of benzene rings is 3. The minimum Gasteiger partial charge on any atom is -0.247 e. The lowest BCUT2D eigenvalue weighted by molar-refractivity contribution is 0.596. The molecule has 0 saturated heterocycles. The molecule has 28 heavy (non-hydrogen) atoms. The van der Waals surface area contributed by atoms with Crippen molar-refractivity contribution < 1.29 is 0 Å². The maximum atomic E-state index is 5.11. The van der Waals surface area contributed by atoms with E-state index in [4.69, 9.17) is 4.99 Å². The average molecular weight is 370 g/mol. The second-order valence-corrected chi connectivity index (χ2v) is 9.77. The van der Waals surface area contributed by atoms with Crippen LogP contribution >= 0.6 is 0 Å². The fraction of sp³-hybridized carbons (Fsp3) is 0.370. The van der Waals surface area contributed by atoms with Crippen LogP contribution in [0.2, 0.25) is 0 Å². The Kier molecular flexibility index (Phi) is 4.45. The molecule has 144 valence electrons. The van der Waals surface area contributed by atoms with Gasteiger partial charge < -0.3 is 0 Å². The minimum atomic E-state index is 0.113. The first-order valence-corrected chi connectivity index (χ1v) is 10.5. The van der Waals surface area contributed by atoms with Gasteiger partial charge in [0, 0.05) is 16.5 Å². The molecule has 3 aromatic carbocycles. The molecule has 0 atom stereocenters. The Morgan fingerprint density at radius 3 is 2.00 bits per heavy atom. The molecule has 0 N–H and O–H groups in total. The maximum absolute atomic E-state index is 5.11. The Morgan fingerprint density at radius 1 is 0.786 bits per heavy atom. The summed E-state index contributed by atoms with van der Waals surface area (Å²) in [6.45, 7) is 15.9. The van der Waals surface area contributed by atoms with Gasteiger partial charge in [-0.1, -0.05) is 78.8 Å². The molecule has 3 aromatic rings. The van der Waals surface area contributed by atoms with Gasteiger partial charge in [-0.25, -0.2) is 4.99 Å². The first kappa shape index (κ1) is 18.9. The summed E-state index contributed by atoms with van der Waals surface area (Å²) in [7, 11) is 0. The molecule has 0 saturated carbocycles. The Labute approximate surface area is 169 Å². The zero-order valence-corrected chi connectivity index (χ0v) is 18.2. The normalized spacial score (nSPS) is 13.7. The van der Waals surface area contributed by atoms with Crippen molar-refractivity contribution in [3.8, 4) is 0 Å². The van der Waals surface area contributed by atoms with Crippen molar-refractivity contribution in [1.29, 1.82) is 0 Å². The molecule has 0 fully saturated rings. The molecular formula is C27H31N. The van der Waals surface area contributed by atoms with Crippen LogP contribution in [0.5, 0.6) is 0 Å². The lowest BCUT2D eigenvalue weighted by Crippen LogP contribution is -2.11. The number of hydrogen-bond acceptors (Lipinski definition) is 1. The van der Waals surface area contributed by atoms with Crippen LogP contribution in [0.25, 0.3) is 10.8 Å². The van der Waals surface area contributed by atoms with Gasteiger partial charge >= 0.3 is 0 Å². The largest absolute Gasteiger partial charge is 0.247 e. The zero-order valence-electron chi connectivity index (χ0n) is 18.2. The Hall–Kier alpha value is -2.41. The molecule has 1 heterocycles. The predicted octanol–water partition coefficient (Wildman–Crippen LogP) is 7.87. The average Bonchev–Trinajstić information content (AvgIpc) is 3.01. The van der Waals surface area contributed by atoms with Crippen molar-refractivity contribution in [2.45, 2.75) is 65.7 Å². The van der Waals surface area contributed by atoms with Gasteiger partial charge in [0.05, 0.1) is 11.4 Å². The predicted molar refractivity (Wildman–Crippen MR) is 123 cm³/mol. The van der Waals surface area contributed by atoms with Crippen LogP contribution in [0.4, 0.5) is 5.69 Å². The highest BCUT2D eigenvalue weighted by molar-refractivity contribution is 6.26. The van der Waals surface area contributed by atoms with Gasteiger partial charge in [-0.2, -0.15) is 0 Å². The molecule has 0 aromatic heterocycles. The molecule has 0 unspecified atom stereocenters. The fourth-order valence-corrected chi connectivity index (χ4v) is 4.21. The second kappa shape index (κ2) is 6.58. The van der Waals surface area contributed by atoms with Crippen molar-refractivity contribution in [3.63, 3.8) is 0 Å². The molecule has 1 aliphatic rings. The SMILES string of the molecule is CC(C)c1cc(C2=Nc3ccc(C(C)(C)C)c4cccc2c34)cc(C(C)C)c1. The number of rotatable bonds is 3. The third kappa shape index (κ3) is 3.07. The van der Waals surface area contributed by atoms with Crippen molar-refractivity contribution in [1.82, 2.24) is 0 Å². The first-order chi connectivity index (χ1) is 13.2. The highest BCUT2D eigenvalue weighted by Gasteiger charge is 2.25. The molecule has 0 radical (unpaired) electrons. The van der Waals surface area contributed by atoms with E-state index < -0.39 is 0 Å². The lowest BCUT2D eigenvalue weighted by atomic mass is 9.82. The summed E-state index contributed by atoms with van der Waals surface area (Å²) in [6, 6.07) is 18.2. The molecule has 1 nitrogen and oxygen atoms in total. The summed E-state index contributed by atoms with van der Waals surface area (Å²) in [5.74, 6) is 1.01. The molecule has 1 heteroatoms. The molecule has 0 bridgehead atoms. The maximum Gasteiger partial charge on any atom is 0.0789 e. The molecular weight excluding hydrogens is 338 g/mol. The lowest BCUT2D eigenvalue weighted by Gasteiger charge is -2.21. The van der Waals surface area contributed by atoms with Gasteiger partial charge in [-0.15, -0.1) is 0 Å². The van der Waals surface area contributed by atoms with Crippen LogP contribution in [0.1, 0.15) is 88.1 Å². The summed E-state index contributed by atoms with van der Waals surface area (Å²) in [4.78, 5) is 5.11. The van der Waals surface area contributed by atoms with E-state index in [1.165, 1.54) is 38.6 Å². The van der Waals surface area contributed by atoms with E-state index in [9.17, 15) is 0 Å². The van der Waals surface area contributed by atoms with E-state index in [0.717, 1.165) is 11.4 Å². The van der Waals surface area contributed by atoms with Crippen LogP contribution in [-0.2, 0) is 5.41 Å². The van der Waals surface area contributed by atoms with Gasteiger partial charge in [0.25, 0.3) is 0 Å². The number of aliphatic imine (C=N–C) groups is 1. The standard InChI is InChI=1S/C27H31N/c1-16(2)18-13-19(17(3)4)15-20(14-18)26-22-10-8-9-21-23(27(5,6)7)11-12-24(28-26)25(21)22/h8-17H,1-7H3. The van der Waals surface area contributed by atoms with Crippen LogP contribution in [0, 0.1) is 0 Å². The van der Waals surface area contributed by atoms with Crippen LogP contribution in [-0.4, -0.2) is 5.71 Å². The third-order valence-electron chi connectivity index (χ3n) is 5.90. The van der Waals surface area contributed by atoms with Crippen LogP contribution in [0.15, 0.2) is 53.5 Å². The second-order valence-electron chi connectivity index (χ2n) is 9.77. The molecule has 0 spiro atoms. The third-order valence-corrected chi connectivity index (χ3v) is 5.90. The quantitative estimate of drug-likeness (QED) is 0.348. The minimum absolute atomic E-state index is 0.113. The van der Waals surface area contributed by atoms with Gasteiger partial charge in [0.1, 0.15) is 0 Å². The van der Waals surface area contributed by atoms with Crippen LogP contribution < -0.4 is 0 Å². The van der Waals surface area contributed by atoms with E-state index in [-0.39, 0.29) is 5.41 Å². The summed E-state index contributed by atoms with van der Waals surface area (Å²) in [6.07, 6.45) is 0. The molecule has 4 rings (SSSR count). The van der Waals surface area contributed by atoms with Crippen molar-refractivity contribution in [3.05, 3.63) is 76.3 Å². The Balaban J connectivity index is 1.94. The van der Waals surface area contributed by atoms with Gasteiger partial charge in [0.15, 0.2) is 0 Å². The smallest absolute Gasteiger partial charge is 0.0789 e. The Bertz CT molecular complexity index is 1060. The summed E-state index contributed by atoms with van der Waals surface area (Å²) in [5.41, 5.74) is 9.03. The van der Waals surface area contributed by atoms with Crippen LogP contribution in [0.3, 0.4) is 0 Å². The van der Waals surface area contributed by atoms with Gasteiger partial charge in [-0.3, -0.25) is 0 Å². The van der Waals surface area contributed by atoms with Gasteiger partial charge in [-0.05, 0) is 57.5 Å². The van der Waals surface area contributed by atoms with Crippen molar-refractivity contribution in [2.75, 3.05) is 0 Å². The van der Waals surface area contributed by atoms with E-state index in [0.29, 0.717) is 11.8 Å². The highest BCUT2D eigenvalue weighted by atomic mass is 14.8. The Morgan fingerprint density at radius 2 is 1.43 bits per heavy atom. The summed E-state index contributed by atoms with van der Waals surface area (Å²) in [5, 5.41) is 2.65. The summed E-state index contributed by atoms with van der Waals surface area (Å²) < 4.78 is 0. The first-order valence-electron chi connectivity index (χ1n) is 10.5. The van der Waals surface area contributed by atoms with E-state index in [1.54, 1.807) is 0 Å². The van der Waals surface area contributed by atoms with Crippen molar-refractivity contribution >= 4 is 22.2 Å². The van der Waals surface area contributed by atoms with E-state index >= 15 is 0 Å². The van der Waals surface area contributed by atoms with E-state index in [1.807, 2.05) is 0 Å². The van der Waals surface area contributed by atoms with E-state index in [2.05, 4.69) is 97.0 Å². The molecule has 0 amide bonds. The van der Waals surface area contributed by atoms with Gasteiger partial charge in [0.2, 0.25) is 0 Å². The zero-order chi connectivity index (χ0) is 20.2. The monoisotopic (exact) mass is 369 g/mol. The summed E-state index contributed by atoms with van der Waals surface area (Å²) >= 11 is 0.